The van der Waals surface area contributed by atoms with Crippen molar-refractivity contribution in [3.05, 3.63) is 18.0 Å². The van der Waals surface area contributed by atoms with Gasteiger partial charge in [-0.2, -0.15) is 5.10 Å². The highest BCUT2D eigenvalue weighted by Crippen LogP contribution is 2.18. The summed E-state index contributed by atoms with van der Waals surface area (Å²) in [5, 5.41) is 18.0. The van der Waals surface area contributed by atoms with Gasteiger partial charge in [0.25, 0.3) is 5.91 Å². The van der Waals surface area contributed by atoms with Gasteiger partial charge < -0.3 is 15.8 Å². The summed E-state index contributed by atoms with van der Waals surface area (Å²) < 4.78 is 0. The molecule has 0 atom stereocenters. The van der Waals surface area contributed by atoms with Gasteiger partial charge in [-0.3, -0.25) is 9.89 Å². The first-order valence-corrected chi connectivity index (χ1v) is 5.48. The number of oxime groups is 1. The molecule has 1 aromatic heterocycles. The number of hydrogen-bond acceptors (Lipinski definition) is 4. The molecular weight excluding hydrogens is 222 g/mol. The fourth-order valence-corrected chi connectivity index (χ4v) is 2.01. The van der Waals surface area contributed by atoms with Crippen LogP contribution in [-0.2, 0) is 0 Å². The molecule has 0 saturated carbocycles. The maximum atomic E-state index is 12.0. The van der Waals surface area contributed by atoms with Gasteiger partial charge in [-0.1, -0.05) is 5.16 Å². The molecule has 0 aromatic carbocycles. The number of amides is 1. The lowest BCUT2D eigenvalue weighted by atomic mass is 9.95. The highest BCUT2D eigenvalue weighted by Gasteiger charge is 2.26. The van der Waals surface area contributed by atoms with Crippen LogP contribution in [0.3, 0.4) is 0 Å². The molecule has 0 aliphatic carbocycles. The number of nitrogens with zero attached hydrogens (tertiary/aromatic N) is 3. The van der Waals surface area contributed by atoms with Crippen molar-refractivity contribution in [3.63, 3.8) is 0 Å². The van der Waals surface area contributed by atoms with E-state index in [2.05, 4.69) is 15.4 Å². The summed E-state index contributed by atoms with van der Waals surface area (Å²) in [7, 11) is 0. The zero-order chi connectivity index (χ0) is 12.3. The van der Waals surface area contributed by atoms with Gasteiger partial charge in [0.2, 0.25) is 0 Å². The second kappa shape index (κ2) is 4.86. The van der Waals surface area contributed by atoms with Crippen molar-refractivity contribution in [1.29, 1.82) is 0 Å². The molecule has 0 spiro atoms. The van der Waals surface area contributed by atoms with Crippen LogP contribution in [0, 0.1) is 5.92 Å². The Bertz CT molecular complexity index is 406. The third kappa shape index (κ3) is 2.38. The molecule has 1 aliphatic heterocycles. The third-order valence-electron chi connectivity index (χ3n) is 3.06. The van der Waals surface area contributed by atoms with Crippen molar-refractivity contribution in [1.82, 2.24) is 15.1 Å². The summed E-state index contributed by atoms with van der Waals surface area (Å²) in [5.41, 5.74) is 6.11. The van der Waals surface area contributed by atoms with E-state index in [1.807, 2.05) is 0 Å². The number of rotatable bonds is 2. The molecule has 0 radical (unpaired) electrons. The SMILES string of the molecule is NC(=NO)C1CCN(C(=O)c2cn[nH]c2)CC1. The Labute approximate surface area is 98.3 Å². The smallest absolute Gasteiger partial charge is 0.257 e. The summed E-state index contributed by atoms with van der Waals surface area (Å²) >= 11 is 0. The lowest BCUT2D eigenvalue weighted by molar-refractivity contribution is 0.0709. The predicted molar refractivity (Wildman–Crippen MR) is 60.6 cm³/mol. The quantitative estimate of drug-likeness (QED) is 0.291. The lowest BCUT2D eigenvalue weighted by Gasteiger charge is -2.31. The minimum Gasteiger partial charge on any atom is -0.409 e. The van der Waals surface area contributed by atoms with Crippen LogP contribution in [-0.4, -0.2) is 45.1 Å². The maximum Gasteiger partial charge on any atom is 0.257 e. The number of likely N-dealkylation sites (tertiary alicyclic amines) is 1. The fraction of sp³-hybridized carbons (Fsp3) is 0.500. The number of H-pyrrole nitrogens is 1. The van der Waals surface area contributed by atoms with E-state index in [0.29, 0.717) is 18.7 Å². The molecule has 2 heterocycles. The number of amidine groups is 1. The van der Waals surface area contributed by atoms with E-state index in [1.165, 1.54) is 6.20 Å². The Balaban J connectivity index is 1.93. The molecule has 1 fully saturated rings. The molecule has 1 saturated heterocycles. The molecule has 92 valence electrons. The Kier molecular flexibility index (Phi) is 3.27. The van der Waals surface area contributed by atoms with Crippen molar-refractivity contribution in [3.8, 4) is 0 Å². The van der Waals surface area contributed by atoms with Crippen LogP contribution in [0.4, 0.5) is 0 Å². The molecule has 2 rings (SSSR count). The maximum absolute atomic E-state index is 12.0. The van der Waals surface area contributed by atoms with Crippen LogP contribution in [0.2, 0.25) is 0 Å². The van der Waals surface area contributed by atoms with E-state index in [0.717, 1.165) is 12.8 Å². The van der Waals surface area contributed by atoms with Gasteiger partial charge in [0.15, 0.2) is 0 Å². The first kappa shape index (κ1) is 11.4. The number of aromatic nitrogens is 2. The minimum atomic E-state index is -0.0308. The van der Waals surface area contributed by atoms with E-state index in [4.69, 9.17) is 10.9 Å². The van der Waals surface area contributed by atoms with E-state index < -0.39 is 0 Å². The Morgan fingerprint density at radius 3 is 2.82 bits per heavy atom. The number of piperidine rings is 1. The monoisotopic (exact) mass is 237 g/mol. The Morgan fingerprint density at radius 2 is 2.29 bits per heavy atom. The number of carbonyl (C=O) groups excluding carboxylic acids is 1. The van der Waals surface area contributed by atoms with Crippen molar-refractivity contribution in [2.75, 3.05) is 13.1 Å². The second-order valence-corrected chi connectivity index (χ2v) is 4.08. The molecule has 7 heteroatoms. The molecule has 4 N–H and O–H groups in total. The number of nitrogens with two attached hydrogens (primary N) is 1. The zero-order valence-electron chi connectivity index (χ0n) is 9.33. The average molecular weight is 237 g/mol. The highest BCUT2D eigenvalue weighted by atomic mass is 16.4. The van der Waals surface area contributed by atoms with E-state index in [-0.39, 0.29) is 17.7 Å². The van der Waals surface area contributed by atoms with E-state index >= 15 is 0 Å². The van der Waals surface area contributed by atoms with Crippen molar-refractivity contribution < 1.29 is 10.0 Å². The summed E-state index contributed by atoms with van der Waals surface area (Å²) in [4.78, 5) is 13.7. The van der Waals surface area contributed by atoms with Crippen LogP contribution in [0.1, 0.15) is 23.2 Å². The van der Waals surface area contributed by atoms with Gasteiger partial charge in [0.05, 0.1) is 11.8 Å². The topological polar surface area (TPSA) is 108 Å². The van der Waals surface area contributed by atoms with Crippen LogP contribution < -0.4 is 5.73 Å². The Hall–Kier alpha value is -2.05. The summed E-state index contributed by atoms with van der Waals surface area (Å²) in [5.74, 6) is 0.283. The molecule has 1 aliphatic rings. The second-order valence-electron chi connectivity index (χ2n) is 4.08. The van der Waals surface area contributed by atoms with Crippen LogP contribution in [0.5, 0.6) is 0 Å². The van der Waals surface area contributed by atoms with E-state index in [1.54, 1.807) is 11.1 Å². The average Bonchev–Trinajstić information content (AvgIpc) is 2.91. The van der Waals surface area contributed by atoms with Gasteiger partial charge in [0, 0.05) is 25.2 Å². The molecule has 17 heavy (non-hydrogen) atoms. The van der Waals surface area contributed by atoms with Gasteiger partial charge in [-0.05, 0) is 12.8 Å². The lowest BCUT2D eigenvalue weighted by Crippen LogP contribution is -2.41. The fourth-order valence-electron chi connectivity index (χ4n) is 2.01. The molecule has 1 aromatic rings. The van der Waals surface area contributed by atoms with Crippen LogP contribution in [0.25, 0.3) is 0 Å². The van der Waals surface area contributed by atoms with Gasteiger partial charge in [0.1, 0.15) is 5.84 Å². The number of hydrogen-bond donors (Lipinski definition) is 3. The first-order chi connectivity index (χ1) is 8.22. The zero-order valence-corrected chi connectivity index (χ0v) is 9.33. The minimum absolute atomic E-state index is 0.0308. The Morgan fingerprint density at radius 1 is 1.59 bits per heavy atom. The van der Waals surface area contributed by atoms with Gasteiger partial charge in [-0.25, -0.2) is 0 Å². The molecule has 1 amide bonds. The van der Waals surface area contributed by atoms with Crippen LogP contribution >= 0.6 is 0 Å². The van der Waals surface area contributed by atoms with Crippen molar-refractivity contribution in [2.45, 2.75) is 12.8 Å². The molecular formula is C10H15N5O2. The molecule has 7 nitrogen and oxygen atoms in total. The van der Waals surface area contributed by atoms with Gasteiger partial charge >= 0.3 is 0 Å². The largest absolute Gasteiger partial charge is 0.409 e. The van der Waals surface area contributed by atoms with Crippen molar-refractivity contribution >= 4 is 11.7 Å². The first-order valence-electron chi connectivity index (χ1n) is 5.48. The number of nitrogens with one attached hydrogen (secondary N) is 1. The summed E-state index contributed by atoms with van der Waals surface area (Å²) in [6.07, 6.45) is 4.54. The van der Waals surface area contributed by atoms with Crippen molar-refractivity contribution in [2.24, 2.45) is 16.8 Å². The van der Waals surface area contributed by atoms with E-state index in [9.17, 15) is 4.79 Å². The molecule has 0 bridgehead atoms. The predicted octanol–water partition coefficient (Wildman–Crippen LogP) is 0.00830. The normalized spacial score (nSPS) is 18.4. The third-order valence-corrected chi connectivity index (χ3v) is 3.06. The van der Waals surface area contributed by atoms with Gasteiger partial charge in [-0.15, -0.1) is 0 Å². The standard InChI is InChI=1S/C10H15N5O2/c11-9(14-17)7-1-3-15(4-2-7)10(16)8-5-12-13-6-8/h5-7,17H,1-4H2,(H2,11,14)(H,12,13). The highest BCUT2D eigenvalue weighted by molar-refractivity contribution is 5.94. The number of carbonyl (C=O) groups is 1. The van der Waals surface area contributed by atoms with Crippen LogP contribution in [0.15, 0.2) is 17.5 Å². The summed E-state index contributed by atoms with van der Waals surface area (Å²) in [6, 6.07) is 0. The summed E-state index contributed by atoms with van der Waals surface area (Å²) in [6.45, 7) is 1.23. The molecule has 0 unspecified atom stereocenters. The number of aromatic amines is 1.